The molecule has 2 atom stereocenters. The van der Waals surface area contributed by atoms with Gasteiger partial charge in [0, 0.05) is 69.5 Å². The number of amides is 4. The van der Waals surface area contributed by atoms with Crippen molar-refractivity contribution in [3.8, 4) is 0 Å². The van der Waals surface area contributed by atoms with Crippen LogP contribution in [0.2, 0.25) is 0 Å². The van der Waals surface area contributed by atoms with Crippen LogP contribution in [0.4, 0.5) is 50.0 Å². The average Bonchev–Trinajstić information content (AvgIpc) is 3.52. The second-order valence-electron chi connectivity index (χ2n) is 13.9. The normalized spacial score (nSPS) is 24.3. The van der Waals surface area contributed by atoms with Gasteiger partial charge in [-0.3, -0.25) is 14.5 Å². The Morgan fingerprint density at radius 2 is 1.33 bits per heavy atom. The minimum absolute atomic E-state index is 0.00364. The summed E-state index contributed by atoms with van der Waals surface area (Å²) >= 11 is 0. The van der Waals surface area contributed by atoms with Crippen molar-refractivity contribution >= 4 is 23.5 Å². The topological polar surface area (TPSA) is 73.0 Å². The maximum Gasteiger partial charge on any atom is 0.416 e. The third kappa shape index (κ3) is 8.91. The molecule has 1 heterocycles. The van der Waals surface area contributed by atoms with Crippen LogP contribution in [0.3, 0.4) is 0 Å². The number of alkyl halides is 8. The first kappa shape index (κ1) is 38.3. The number of nitrogens with one attached hydrogen (secondary N) is 1. The summed E-state index contributed by atoms with van der Waals surface area (Å²) in [4.78, 5) is 43.6. The van der Waals surface area contributed by atoms with E-state index in [4.69, 9.17) is 0 Å². The lowest BCUT2D eigenvalue weighted by Crippen LogP contribution is -2.48. The van der Waals surface area contributed by atoms with E-state index in [1.165, 1.54) is 36.2 Å². The van der Waals surface area contributed by atoms with E-state index in [9.17, 15) is 53.9 Å². The smallest absolute Gasteiger partial charge is 0.353 e. The molecule has 280 valence electrons. The zero-order valence-electron chi connectivity index (χ0n) is 28.0. The number of nitrogens with zero attached hydrogens (tertiary/aromatic N) is 3. The molecule has 5 rings (SSSR count). The SMILES string of the molecule is CN(C(=O)N(C)[C@@H]1CN(C(=O)C2CCC(NC(=O)C3CCC(F)(F)CC3)CC2)C[C@H]1c1ccc(F)cc1)c1cc(C(F)(F)F)cc(C(F)(F)F)c1. The molecule has 16 heteroatoms. The Morgan fingerprint density at radius 1 is 0.784 bits per heavy atom. The van der Waals surface area contributed by atoms with Gasteiger partial charge in [-0.1, -0.05) is 12.1 Å². The summed E-state index contributed by atoms with van der Waals surface area (Å²) in [5, 5.41) is 2.95. The number of benzene rings is 2. The van der Waals surface area contributed by atoms with Crippen molar-refractivity contribution < 1.29 is 53.9 Å². The van der Waals surface area contributed by atoms with Crippen LogP contribution in [0.15, 0.2) is 42.5 Å². The van der Waals surface area contributed by atoms with Gasteiger partial charge in [-0.2, -0.15) is 26.3 Å². The van der Waals surface area contributed by atoms with Crippen LogP contribution < -0.4 is 10.2 Å². The molecule has 2 saturated carbocycles. The first-order valence-electron chi connectivity index (χ1n) is 16.8. The Hall–Kier alpha value is -3.98. The highest BCUT2D eigenvalue weighted by Crippen LogP contribution is 2.40. The number of anilines is 1. The third-order valence-electron chi connectivity index (χ3n) is 10.5. The molecule has 1 N–H and O–H groups in total. The minimum Gasteiger partial charge on any atom is -0.353 e. The fourth-order valence-electron chi connectivity index (χ4n) is 7.38. The number of likely N-dealkylation sites (tertiary alicyclic amines) is 1. The number of rotatable bonds is 6. The number of halogens is 9. The van der Waals surface area contributed by atoms with Crippen LogP contribution in [-0.2, 0) is 21.9 Å². The van der Waals surface area contributed by atoms with E-state index in [0.717, 1.165) is 7.05 Å². The highest BCUT2D eigenvalue weighted by molar-refractivity contribution is 5.92. The van der Waals surface area contributed by atoms with Gasteiger partial charge in [0.05, 0.1) is 17.2 Å². The van der Waals surface area contributed by atoms with Gasteiger partial charge in [-0.05, 0) is 74.4 Å². The summed E-state index contributed by atoms with van der Waals surface area (Å²) < 4.78 is 122. The van der Waals surface area contributed by atoms with E-state index >= 15 is 0 Å². The molecule has 51 heavy (non-hydrogen) atoms. The van der Waals surface area contributed by atoms with Gasteiger partial charge in [0.1, 0.15) is 5.82 Å². The van der Waals surface area contributed by atoms with Crippen molar-refractivity contribution in [2.24, 2.45) is 11.8 Å². The fourth-order valence-corrected chi connectivity index (χ4v) is 7.38. The summed E-state index contributed by atoms with van der Waals surface area (Å²) in [5.41, 5.74) is -3.22. The molecule has 3 aliphatic rings. The monoisotopic (exact) mass is 734 g/mol. The van der Waals surface area contributed by atoms with Crippen molar-refractivity contribution in [2.75, 3.05) is 32.1 Å². The standard InChI is InChI=1S/C35H39F9N4O3/c1-46(27-16-23(34(39,40)41)15-24(17-27)35(42,43)44)32(51)47(2)29-19-48(18-28(29)20-3-7-25(36)8-4-20)31(50)22-5-9-26(10-6-22)45-30(49)21-11-13-33(37,38)14-12-21/h3-4,7-8,15-17,21-22,26,28-29H,5-6,9-14,18-19H2,1-2H3,(H,45,49)/t22?,26?,28-,29+/m0/s1. The number of carbonyl (C=O) groups excluding carboxylic acids is 3. The molecule has 0 unspecified atom stereocenters. The van der Waals surface area contributed by atoms with Crippen LogP contribution in [-0.4, -0.2) is 72.8 Å². The molecule has 4 amide bonds. The molecular formula is C35H39F9N4O3. The number of urea groups is 1. The van der Waals surface area contributed by atoms with E-state index in [0.29, 0.717) is 48.3 Å². The predicted molar refractivity (Wildman–Crippen MR) is 168 cm³/mol. The lowest BCUT2D eigenvalue weighted by atomic mass is 9.83. The van der Waals surface area contributed by atoms with Gasteiger partial charge in [0.25, 0.3) is 0 Å². The van der Waals surface area contributed by atoms with Crippen LogP contribution >= 0.6 is 0 Å². The van der Waals surface area contributed by atoms with Crippen molar-refractivity contribution in [2.45, 2.75) is 87.6 Å². The second kappa shape index (κ2) is 14.6. The van der Waals surface area contributed by atoms with Crippen molar-refractivity contribution in [1.29, 1.82) is 0 Å². The molecule has 2 aromatic rings. The first-order valence-corrected chi connectivity index (χ1v) is 16.8. The van der Waals surface area contributed by atoms with Crippen LogP contribution in [0.1, 0.15) is 74.0 Å². The van der Waals surface area contributed by atoms with Crippen molar-refractivity contribution in [3.05, 3.63) is 65.0 Å². The molecule has 2 aliphatic carbocycles. The van der Waals surface area contributed by atoms with E-state index in [2.05, 4.69) is 5.32 Å². The molecule has 0 radical (unpaired) electrons. The second-order valence-corrected chi connectivity index (χ2v) is 13.9. The average molecular weight is 735 g/mol. The van der Waals surface area contributed by atoms with Gasteiger partial charge in [0.2, 0.25) is 17.7 Å². The molecule has 0 bridgehead atoms. The zero-order chi connectivity index (χ0) is 37.5. The Bertz CT molecular complexity index is 1550. The molecular weight excluding hydrogens is 695 g/mol. The molecule has 1 saturated heterocycles. The summed E-state index contributed by atoms with van der Waals surface area (Å²) in [6, 6.07) is 4.37. The maximum absolute atomic E-state index is 13.8. The lowest BCUT2D eigenvalue weighted by Gasteiger charge is -2.34. The Labute approximate surface area is 289 Å². The Balaban J connectivity index is 1.28. The first-order chi connectivity index (χ1) is 23.7. The number of carbonyl (C=O) groups is 3. The number of likely N-dealkylation sites (N-methyl/N-ethyl adjacent to an activating group) is 1. The quantitative estimate of drug-likeness (QED) is 0.308. The summed E-state index contributed by atoms with van der Waals surface area (Å²) in [6.45, 7) is 0.109. The fraction of sp³-hybridized carbons (Fsp3) is 0.571. The van der Waals surface area contributed by atoms with Crippen LogP contribution in [0.25, 0.3) is 0 Å². The van der Waals surface area contributed by atoms with E-state index < -0.39 is 70.7 Å². The van der Waals surface area contributed by atoms with Crippen molar-refractivity contribution in [3.63, 3.8) is 0 Å². The summed E-state index contributed by atoms with van der Waals surface area (Å²) in [7, 11) is 2.40. The maximum atomic E-state index is 13.8. The van der Waals surface area contributed by atoms with Gasteiger partial charge < -0.3 is 15.1 Å². The highest BCUT2D eigenvalue weighted by atomic mass is 19.4. The molecule has 0 spiro atoms. The van der Waals surface area contributed by atoms with E-state index in [1.54, 1.807) is 4.90 Å². The molecule has 0 aromatic heterocycles. The van der Waals surface area contributed by atoms with Crippen LogP contribution in [0.5, 0.6) is 0 Å². The highest BCUT2D eigenvalue weighted by Gasteiger charge is 2.44. The Kier molecular flexibility index (Phi) is 10.9. The number of hydrogen-bond acceptors (Lipinski definition) is 3. The lowest BCUT2D eigenvalue weighted by molar-refractivity contribution is -0.143. The summed E-state index contributed by atoms with van der Waals surface area (Å²) in [6.07, 6.45) is -8.83. The van der Waals surface area contributed by atoms with E-state index in [-0.39, 0.29) is 62.7 Å². The third-order valence-corrected chi connectivity index (χ3v) is 10.5. The minimum atomic E-state index is -5.12. The van der Waals surface area contributed by atoms with Crippen molar-refractivity contribution in [1.82, 2.24) is 15.1 Å². The number of hydrogen-bond donors (Lipinski definition) is 1. The summed E-state index contributed by atoms with van der Waals surface area (Å²) in [5.74, 6) is -5.22. The molecule has 3 fully saturated rings. The molecule has 2 aromatic carbocycles. The van der Waals surface area contributed by atoms with Gasteiger partial charge in [0.15, 0.2) is 0 Å². The zero-order valence-corrected chi connectivity index (χ0v) is 28.0. The largest absolute Gasteiger partial charge is 0.416 e. The predicted octanol–water partition coefficient (Wildman–Crippen LogP) is 7.85. The van der Waals surface area contributed by atoms with Gasteiger partial charge in [-0.15, -0.1) is 0 Å². The van der Waals surface area contributed by atoms with E-state index in [1.807, 2.05) is 0 Å². The Morgan fingerprint density at radius 3 is 1.86 bits per heavy atom. The molecule has 1 aliphatic heterocycles. The van der Waals surface area contributed by atoms with Gasteiger partial charge in [-0.25, -0.2) is 18.0 Å². The molecule has 7 nitrogen and oxygen atoms in total. The van der Waals surface area contributed by atoms with Crippen LogP contribution in [0, 0.1) is 17.7 Å². The van der Waals surface area contributed by atoms with Gasteiger partial charge >= 0.3 is 18.4 Å².